The molecule has 6 nitrogen and oxygen atoms in total. The lowest BCUT2D eigenvalue weighted by atomic mass is 9.82. The fourth-order valence-corrected chi connectivity index (χ4v) is 4.14. The number of allylic oxidation sites excluding steroid dienone is 2. The number of esters is 1. The predicted molar refractivity (Wildman–Crippen MR) is 103 cm³/mol. The first-order valence-electron chi connectivity index (χ1n) is 8.56. The molecule has 0 spiro atoms. The van der Waals surface area contributed by atoms with E-state index in [2.05, 4.69) is 5.32 Å². The van der Waals surface area contributed by atoms with Crippen molar-refractivity contribution < 1.29 is 28.6 Å². The molecule has 1 heterocycles. The highest BCUT2D eigenvalue weighted by molar-refractivity contribution is 7.15. The van der Waals surface area contributed by atoms with Gasteiger partial charge in [0.1, 0.15) is 16.4 Å². The van der Waals surface area contributed by atoms with Crippen LogP contribution in [0.4, 0.5) is 9.39 Å². The molecule has 0 fully saturated rings. The SMILES string of the molecule is COC(=O)c1c(-c2ccc(F)cc2)csc1NC(=O)[C@H]1CC=CC[C@H]1C(=O)O. The van der Waals surface area contributed by atoms with Gasteiger partial charge in [-0.3, -0.25) is 9.59 Å². The Balaban J connectivity index is 1.92. The van der Waals surface area contributed by atoms with Gasteiger partial charge in [-0.15, -0.1) is 11.3 Å². The molecule has 0 bridgehead atoms. The molecule has 1 aliphatic rings. The maximum atomic E-state index is 13.2. The van der Waals surface area contributed by atoms with Gasteiger partial charge in [0.2, 0.25) is 5.91 Å². The molecule has 2 N–H and O–H groups in total. The van der Waals surface area contributed by atoms with E-state index >= 15 is 0 Å². The second-order valence-electron chi connectivity index (χ2n) is 6.34. The van der Waals surface area contributed by atoms with Crippen molar-refractivity contribution in [3.63, 3.8) is 0 Å². The van der Waals surface area contributed by atoms with Crippen LogP contribution in [0.3, 0.4) is 0 Å². The van der Waals surface area contributed by atoms with E-state index in [-0.39, 0.29) is 17.0 Å². The number of amides is 1. The second kappa shape index (κ2) is 8.35. The lowest BCUT2D eigenvalue weighted by Gasteiger charge is -2.24. The highest BCUT2D eigenvalue weighted by Gasteiger charge is 2.35. The van der Waals surface area contributed by atoms with Gasteiger partial charge in [-0.05, 0) is 30.5 Å². The Hall–Kier alpha value is -3.00. The van der Waals surface area contributed by atoms with Crippen LogP contribution in [0, 0.1) is 17.7 Å². The summed E-state index contributed by atoms with van der Waals surface area (Å²) >= 11 is 1.13. The number of carbonyl (C=O) groups is 3. The van der Waals surface area contributed by atoms with Gasteiger partial charge in [0.05, 0.1) is 18.9 Å². The summed E-state index contributed by atoms with van der Waals surface area (Å²) in [4.78, 5) is 36.5. The Kier molecular flexibility index (Phi) is 5.89. The lowest BCUT2D eigenvalue weighted by Crippen LogP contribution is -2.34. The Morgan fingerprint density at radius 2 is 1.79 bits per heavy atom. The number of halogens is 1. The van der Waals surface area contributed by atoms with E-state index in [1.807, 2.05) is 0 Å². The van der Waals surface area contributed by atoms with Gasteiger partial charge in [-0.25, -0.2) is 9.18 Å². The van der Waals surface area contributed by atoms with E-state index < -0.39 is 35.5 Å². The lowest BCUT2D eigenvalue weighted by molar-refractivity contribution is -0.146. The van der Waals surface area contributed by atoms with Gasteiger partial charge >= 0.3 is 11.9 Å². The molecule has 1 aromatic heterocycles. The van der Waals surface area contributed by atoms with Crippen molar-refractivity contribution in [1.82, 2.24) is 0 Å². The van der Waals surface area contributed by atoms with Gasteiger partial charge in [-0.1, -0.05) is 24.3 Å². The summed E-state index contributed by atoms with van der Waals surface area (Å²) in [6.45, 7) is 0. The summed E-state index contributed by atoms with van der Waals surface area (Å²) in [5.74, 6) is -4.09. The topological polar surface area (TPSA) is 92.7 Å². The third-order valence-electron chi connectivity index (χ3n) is 4.66. The van der Waals surface area contributed by atoms with Crippen molar-refractivity contribution in [3.05, 3.63) is 53.2 Å². The van der Waals surface area contributed by atoms with Crippen LogP contribution in [-0.2, 0) is 14.3 Å². The number of hydrogen-bond donors (Lipinski definition) is 2. The highest BCUT2D eigenvalue weighted by atomic mass is 32.1. The van der Waals surface area contributed by atoms with E-state index in [1.54, 1.807) is 17.5 Å². The quantitative estimate of drug-likeness (QED) is 0.583. The Bertz CT molecular complexity index is 935. The number of methoxy groups -OCH3 is 1. The van der Waals surface area contributed by atoms with E-state index in [4.69, 9.17) is 4.74 Å². The average molecular weight is 403 g/mol. The van der Waals surface area contributed by atoms with Crippen LogP contribution in [0.15, 0.2) is 41.8 Å². The number of anilines is 1. The number of nitrogens with one attached hydrogen (secondary N) is 1. The molecule has 3 rings (SSSR count). The number of carboxylic acids is 1. The molecule has 0 unspecified atom stereocenters. The predicted octanol–water partition coefficient (Wildman–Crippen LogP) is 3.95. The molecule has 0 radical (unpaired) electrons. The molecular formula is C20H18FNO5S. The number of carbonyl (C=O) groups excluding carboxylic acids is 2. The van der Waals surface area contributed by atoms with Crippen molar-refractivity contribution in [2.45, 2.75) is 12.8 Å². The summed E-state index contributed by atoms with van der Waals surface area (Å²) in [5.41, 5.74) is 1.26. The summed E-state index contributed by atoms with van der Waals surface area (Å²) in [5, 5.41) is 14.0. The largest absolute Gasteiger partial charge is 0.481 e. The van der Waals surface area contributed by atoms with Crippen molar-refractivity contribution in [3.8, 4) is 11.1 Å². The minimum absolute atomic E-state index is 0.158. The minimum Gasteiger partial charge on any atom is -0.481 e. The van der Waals surface area contributed by atoms with Gasteiger partial charge in [-0.2, -0.15) is 0 Å². The average Bonchev–Trinajstić information content (AvgIpc) is 3.11. The molecule has 0 saturated heterocycles. The molecule has 2 aromatic rings. The number of benzene rings is 1. The van der Waals surface area contributed by atoms with Crippen LogP contribution in [-0.4, -0.2) is 30.1 Å². The third-order valence-corrected chi connectivity index (χ3v) is 5.55. The number of ether oxygens (including phenoxy) is 1. The first-order valence-corrected chi connectivity index (χ1v) is 9.44. The number of rotatable bonds is 5. The minimum atomic E-state index is -1.03. The molecular weight excluding hydrogens is 385 g/mol. The summed E-state index contributed by atoms with van der Waals surface area (Å²) in [6.07, 6.45) is 4.12. The molecule has 1 aromatic carbocycles. The number of hydrogen-bond acceptors (Lipinski definition) is 5. The van der Waals surface area contributed by atoms with E-state index in [1.165, 1.54) is 31.4 Å². The standard InChI is InChI=1S/C20H18FNO5S/c1-27-20(26)16-15(11-6-8-12(21)9-7-11)10-28-18(16)22-17(23)13-4-2-3-5-14(13)19(24)25/h2-3,6-10,13-14H,4-5H2,1H3,(H,22,23)(H,24,25)/t13-,14+/m0/s1. The zero-order valence-corrected chi connectivity index (χ0v) is 15.8. The van der Waals surface area contributed by atoms with Crippen LogP contribution in [0.2, 0.25) is 0 Å². The monoisotopic (exact) mass is 403 g/mol. The molecule has 1 amide bonds. The van der Waals surface area contributed by atoms with Crippen molar-refractivity contribution >= 4 is 34.2 Å². The van der Waals surface area contributed by atoms with Crippen LogP contribution in [0.1, 0.15) is 23.2 Å². The number of aliphatic carboxylic acids is 1. The normalized spacial score (nSPS) is 18.5. The Morgan fingerprint density at radius 1 is 1.14 bits per heavy atom. The molecule has 2 atom stereocenters. The van der Waals surface area contributed by atoms with Crippen LogP contribution < -0.4 is 5.32 Å². The molecule has 0 saturated carbocycles. The molecule has 0 aliphatic heterocycles. The van der Waals surface area contributed by atoms with Crippen molar-refractivity contribution in [2.24, 2.45) is 11.8 Å². The third kappa shape index (κ3) is 3.96. The van der Waals surface area contributed by atoms with Gasteiger partial charge in [0.25, 0.3) is 0 Å². The molecule has 1 aliphatic carbocycles. The van der Waals surface area contributed by atoms with Gasteiger partial charge in [0, 0.05) is 10.9 Å². The molecule has 8 heteroatoms. The van der Waals surface area contributed by atoms with Crippen molar-refractivity contribution in [1.29, 1.82) is 0 Å². The van der Waals surface area contributed by atoms with Gasteiger partial charge in [0.15, 0.2) is 0 Å². The molecule has 146 valence electrons. The van der Waals surface area contributed by atoms with Crippen molar-refractivity contribution in [2.75, 3.05) is 12.4 Å². The number of thiophene rings is 1. The van der Waals surface area contributed by atoms with E-state index in [9.17, 15) is 23.9 Å². The van der Waals surface area contributed by atoms with E-state index in [0.29, 0.717) is 17.5 Å². The van der Waals surface area contributed by atoms with Crippen LogP contribution >= 0.6 is 11.3 Å². The Labute approximate surface area is 164 Å². The number of carboxylic acid groups (broad SMARTS) is 1. The maximum Gasteiger partial charge on any atom is 0.341 e. The van der Waals surface area contributed by atoms with E-state index in [0.717, 1.165) is 11.3 Å². The molecule has 28 heavy (non-hydrogen) atoms. The van der Waals surface area contributed by atoms with Crippen LogP contribution in [0.5, 0.6) is 0 Å². The first-order chi connectivity index (χ1) is 13.4. The summed E-state index contributed by atoms with van der Waals surface area (Å²) in [7, 11) is 1.23. The zero-order chi connectivity index (χ0) is 20.3. The fraction of sp³-hybridized carbons (Fsp3) is 0.250. The zero-order valence-electron chi connectivity index (χ0n) is 15.0. The summed E-state index contributed by atoms with van der Waals surface area (Å²) in [6, 6.07) is 5.61. The second-order valence-corrected chi connectivity index (χ2v) is 7.21. The maximum absolute atomic E-state index is 13.2. The van der Waals surface area contributed by atoms with Crippen LogP contribution in [0.25, 0.3) is 11.1 Å². The first kappa shape index (κ1) is 19.8. The Morgan fingerprint density at radius 3 is 2.39 bits per heavy atom. The van der Waals surface area contributed by atoms with Gasteiger partial charge < -0.3 is 15.2 Å². The fourth-order valence-electron chi connectivity index (χ4n) is 3.18. The highest BCUT2D eigenvalue weighted by Crippen LogP contribution is 2.37. The smallest absolute Gasteiger partial charge is 0.341 e. The summed E-state index contributed by atoms with van der Waals surface area (Å²) < 4.78 is 18.1.